The second-order valence-electron chi connectivity index (χ2n) is 7.95. The molecule has 4 rings (SSSR count). The number of Topliss-reactive ketones (excluding diaryl/α,β-unsaturated/α-hetero) is 1. The van der Waals surface area contributed by atoms with Gasteiger partial charge in [0.2, 0.25) is 0 Å². The summed E-state index contributed by atoms with van der Waals surface area (Å²) in [5.41, 5.74) is 2.73. The summed E-state index contributed by atoms with van der Waals surface area (Å²) in [7, 11) is 2.97. The Hall–Kier alpha value is -4.27. The number of aldehydes is 2. The van der Waals surface area contributed by atoms with E-state index < -0.39 is 17.4 Å². The van der Waals surface area contributed by atoms with Crippen molar-refractivity contribution < 1.29 is 19.2 Å². The first-order valence-electron chi connectivity index (χ1n) is 10.3. The molecular weight excluding hydrogens is 424 g/mol. The van der Waals surface area contributed by atoms with Crippen LogP contribution in [0.4, 0.5) is 0 Å². The predicted octanol–water partition coefficient (Wildman–Crippen LogP) is 1.72. The van der Waals surface area contributed by atoms with Crippen molar-refractivity contribution in [1.82, 2.24) is 18.6 Å². The number of carbonyl (C=O) groups is 4. The fourth-order valence-corrected chi connectivity index (χ4v) is 4.09. The summed E-state index contributed by atoms with van der Waals surface area (Å²) in [6.45, 7) is 1.71. The van der Waals surface area contributed by atoms with Crippen LogP contribution in [0.25, 0.3) is 27.6 Å². The minimum Gasteiger partial charge on any atom is -0.342 e. The van der Waals surface area contributed by atoms with Crippen LogP contribution in [-0.2, 0) is 27.5 Å². The highest BCUT2D eigenvalue weighted by atomic mass is 16.2. The minimum atomic E-state index is -0.710. The number of para-hydroxylation sites is 1. The van der Waals surface area contributed by atoms with Crippen molar-refractivity contribution in [2.75, 3.05) is 14.1 Å². The van der Waals surface area contributed by atoms with Crippen LogP contribution in [0.2, 0.25) is 0 Å². The third kappa shape index (κ3) is 3.47. The van der Waals surface area contributed by atoms with E-state index in [9.17, 15) is 24.0 Å². The molecule has 0 spiro atoms. The van der Waals surface area contributed by atoms with Gasteiger partial charge in [0.05, 0.1) is 40.9 Å². The van der Waals surface area contributed by atoms with Crippen molar-refractivity contribution in [1.29, 1.82) is 0 Å². The van der Waals surface area contributed by atoms with Crippen molar-refractivity contribution in [3.8, 4) is 5.69 Å². The molecule has 9 nitrogen and oxygen atoms in total. The molecule has 0 fully saturated rings. The zero-order chi connectivity index (χ0) is 23.9. The molecule has 33 heavy (non-hydrogen) atoms. The topological polar surface area (TPSA) is 103 Å². The van der Waals surface area contributed by atoms with Crippen LogP contribution in [0.1, 0.15) is 15.9 Å². The van der Waals surface area contributed by atoms with E-state index in [4.69, 9.17) is 0 Å². The molecule has 168 valence electrons. The predicted molar refractivity (Wildman–Crippen MR) is 123 cm³/mol. The summed E-state index contributed by atoms with van der Waals surface area (Å²) in [6, 6.07) is 10.5. The lowest BCUT2D eigenvalue weighted by Crippen LogP contribution is -2.29. The molecule has 0 saturated heterocycles. The van der Waals surface area contributed by atoms with Gasteiger partial charge in [-0.15, -0.1) is 0 Å². The van der Waals surface area contributed by atoms with Crippen molar-refractivity contribution in [3.63, 3.8) is 0 Å². The Morgan fingerprint density at radius 2 is 1.73 bits per heavy atom. The van der Waals surface area contributed by atoms with Gasteiger partial charge in [0.25, 0.3) is 11.7 Å². The van der Waals surface area contributed by atoms with Crippen LogP contribution in [0, 0.1) is 6.92 Å². The lowest BCUT2D eigenvalue weighted by atomic mass is 10.1. The number of amides is 1. The normalized spacial score (nSPS) is 11.1. The Kier molecular flexibility index (Phi) is 5.55. The van der Waals surface area contributed by atoms with E-state index in [-0.39, 0.29) is 18.7 Å². The number of aryl methyl sites for hydroxylation is 1. The molecule has 0 bridgehead atoms. The number of hydrogen-bond acceptors (Lipinski definition) is 5. The number of hydrogen-bond donors (Lipinski definition) is 0. The number of imidazole rings is 1. The molecule has 2 aromatic heterocycles. The van der Waals surface area contributed by atoms with E-state index in [1.54, 1.807) is 28.8 Å². The van der Waals surface area contributed by atoms with Crippen molar-refractivity contribution in [2.24, 2.45) is 0 Å². The molecule has 0 saturated carbocycles. The molecule has 0 aliphatic heterocycles. The van der Waals surface area contributed by atoms with Crippen molar-refractivity contribution in [2.45, 2.75) is 20.0 Å². The number of aromatic nitrogens is 3. The maximum atomic E-state index is 13.4. The quantitative estimate of drug-likeness (QED) is 0.244. The van der Waals surface area contributed by atoms with Gasteiger partial charge in [-0.2, -0.15) is 0 Å². The highest BCUT2D eigenvalue weighted by molar-refractivity contribution is 6.44. The first-order chi connectivity index (χ1) is 15.8. The summed E-state index contributed by atoms with van der Waals surface area (Å²) < 4.78 is 4.39. The van der Waals surface area contributed by atoms with Gasteiger partial charge >= 0.3 is 5.69 Å². The molecule has 0 atom stereocenters. The number of nitrogens with zero attached hydrogens (tertiary/aromatic N) is 4. The molecule has 0 unspecified atom stereocenters. The zero-order valence-electron chi connectivity index (χ0n) is 18.4. The third-order valence-corrected chi connectivity index (χ3v) is 5.58. The first kappa shape index (κ1) is 21.9. The number of carbonyl (C=O) groups excluding carboxylic acids is 4. The van der Waals surface area contributed by atoms with Crippen LogP contribution in [-0.4, -0.2) is 57.0 Å². The molecule has 2 aromatic carbocycles. The van der Waals surface area contributed by atoms with Crippen LogP contribution in [0.15, 0.2) is 47.4 Å². The van der Waals surface area contributed by atoms with Gasteiger partial charge in [-0.05, 0) is 30.7 Å². The largest absolute Gasteiger partial charge is 0.342 e. The molecule has 0 N–H and O–H groups in total. The van der Waals surface area contributed by atoms with E-state index >= 15 is 0 Å². The smallest absolute Gasteiger partial charge is 0.334 e. The van der Waals surface area contributed by atoms with E-state index in [1.807, 2.05) is 19.1 Å². The first-order valence-corrected chi connectivity index (χ1v) is 10.3. The number of benzene rings is 2. The second-order valence-corrected chi connectivity index (χ2v) is 7.95. The molecule has 0 aliphatic rings. The Morgan fingerprint density at radius 3 is 2.39 bits per heavy atom. The van der Waals surface area contributed by atoms with Gasteiger partial charge in [-0.1, -0.05) is 18.2 Å². The summed E-state index contributed by atoms with van der Waals surface area (Å²) in [6.07, 6.45) is 2.80. The fraction of sp³-hybridized carbons (Fsp3) is 0.208. The van der Waals surface area contributed by atoms with Crippen molar-refractivity contribution in [3.05, 3.63) is 64.2 Å². The molecule has 0 radical (unpaired) electrons. The van der Waals surface area contributed by atoms with E-state index in [0.29, 0.717) is 40.2 Å². The number of fused-ring (bicyclic) bond motifs is 2. The maximum Gasteiger partial charge on any atom is 0.334 e. The average Bonchev–Trinajstić information content (AvgIpc) is 3.29. The van der Waals surface area contributed by atoms with Crippen molar-refractivity contribution >= 4 is 46.2 Å². The Bertz CT molecular complexity index is 1500. The number of rotatable bonds is 7. The summed E-state index contributed by atoms with van der Waals surface area (Å²) in [5.74, 6) is -1.40. The van der Waals surface area contributed by atoms with Gasteiger partial charge in [-0.3, -0.25) is 18.7 Å². The molecule has 2 heterocycles. The Morgan fingerprint density at radius 1 is 1.00 bits per heavy atom. The SMILES string of the molecule is Cc1ccc2c(c1)n(CC=O)c(=O)n2-c1cccc2c(C(=O)C(=O)N(C)C)cn(CC=O)c12. The van der Waals surface area contributed by atoms with Gasteiger partial charge in [0.1, 0.15) is 12.6 Å². The third-order valence-electron chi connectivity index (χ3n) is 5.58. The molecule has 9 heteroatoms. The van der Waals surface area contributed by atoms with E-state index in [0.717, 1.165) is 5.56 Å². The van der Waals surface area contributed by atoms with E-state index in [1.165, 1.54) is 34.3 Å². The van der Waals surface area contributed by atoms with Gasteiger partial charge in [0, 0.05) is 25.7 Å². The fourth-order valence-electron chi connectivity index (χ4n) is 4.09. The van der Waals surface area contributed by atoms with Crippen LogP contribution in [0.3, 0.4) is 0 Å². The lowest BCUT2D eigenvalue weighted by molar-refractivity contribution is -0.124. The van der Waals surface area contributed by atoms with E-state index in [2.05, 4.69) is 0 Å². The average molecular weight is 446 g/mol. The van der Waals surface area contributed by atoms with Crippen LogP contribution < -0.4 is 5.69 Å². The Balaban J connectivity index is 2.09. The second kappa shape index (κ2) is 8.34. The number of likely N-dealkylation sites (N-methyl/N-ethyl adjacent to an activating group) is 1. The summed E-state index contributed by atoms with van der Waals surface area (Å²) in [4.78, 5) is 62.5. The highest BCUT2D eigenvalue weighted by Gasteiger charge is 2.25. The summed E-state index contributed by atoms with van der Waals surface area (Å²) >= 11 is 0. The van der Waals surface area contributed by atoms with Gasteiger partial charge < -0.3 is 19.1 Å². The Labute approximate surface area is 188 Å². The summed E-state index contributed by atoms with van der Waals surface area (Å²) in [5, 5.41) is 0.449. The monoisotopic (exact) mass is 446 g/mol. The molecular formula is C24H22N4O5. The zero-order valence-corrected chi connectivity index (χ0v) is 18.4. The lowest BCUT2D eigenvalue weighted by Gasteiger charge is -2.10. The molecule has 1 amide bonds. The standard InChI is InChI=1S/C24H22N4O5/c1-15-7-8-18-20(13-15)27(10-12-30)24(33)28(18)19-6-4-5-16-17(22(31)23(32)25(2)3)14-26(9-11-29)21(16)19/h4-8,11-14H,9-10H2,1-3H3. The van der Waals surface area contributed by atoms with Crippen LogP contribution >= 0.6 is 0 Å². The van der Waals surface area contributed by atoms with Gasteiger partial charge in [0.15, 0.2) is 0 Å². The minimum absolute atomic E-state index is 0.0716. The number of ketones is 1. The molecule has 0 aliphatic carbocycles. The van der Waals surface area contributed by atoms with Gasteiger partial charge in [-0.25, -0.2) is 4.79 Å². The molecule has 4 aromatic rings. The highest BCUT2D eigenvalue weighted by Crippen LogP contribution is 2.30. The maximum absolute atomic E-state index is 13.4. The van der Waals surface area contributed by atoms with Crippen LogP contribution in [0.5, 0.6) is 0 Å².